The van der Waals surface area contributed by atoms with E-state index in [9.17, 15) is 4.39 Å². The van der Waals surface area contributed by atoms with Crippen LogP contribution in [0, 0.1) is 12.7 Å². The molecule has 1 unspecified atom stereocenters. The Morgan fingerprint density at radius 2 is 2.00 bits per heavy atom. The van der Waals surface area contributed by atoms with Crippen LogP contribution in [0.5, 0.6) is 0 Å². The van der Waals surface area contributed by atoms with Crippen LogP contribution in [-0.4, -0.2) is 0 Å². The third-order valence-electron chi connectivity index (χ3n) is 3.66. The third kappa shape index (κ3) is 1.99. The quantitative estimate of drug-likeness (QED) is 0.829. The van der Waals surface area contributed by atoms with Gasteiger partial charge in [-0.1, -0.05) is 24.3 Å². The number of benzene rings is 2. The summed E-state index contributed by atoms with van der Waals surface area (Å²) in [5.74, 6) is -0.134. The van der Waals surface area contributed by atoms with Gasteiger partial charge in [0.05, 0.1) is 6.04 Å². The van der Waals surface area contributed by atoms with Crippen molar-refractivity contribution in [3.8, 4) is 0 Å². The first-order valence-electron chi connectivity index (χ1n) is 6.34. The standard InChI is InChI=1S/C16H16FN/c1-11-4-2-3-5-15(11)18-16-9-6-12-10-13(17)7-8-14(12)16/h2-5,7-8,10,16,18H,6,9H2,1H3. The number of anilines is 1. The minimum absolute atomic E-state index is 0.134. The Morgan fingerprint density at radius 3 is 2.83 bits per heavy atom. The second-order valence-corrected chi connectivity index (χ2v) is 4.89. The molecule has 0 aliphatic heterocycles. The fourth-order valence-electron chi connectivity index (χ4n) is 2.66. The van der Waals surface area contributed by atoms with Gasteiger partial charge in [-0.05, 0) is 54.7 Å². The summed E-state index contributed by atoms with van der Waals surface area (Å²) in [6, 6.07) is 13.7. The van der Waals surface area contributed by atoms with E-state index >= 15 is 0 Å². The number of rotatable bonds is 2. The van der Waals surface area contributed by atoms with E-state index in [1.54, 1.807) is 12.1 Å². The molecule has 1 nitrogen and oxygen atoms in total. The summed E-state index contributed by atoms with van der Waals surface area (Å²) in [5.41, 5.74) is 4.79. The molecule has 0 bridgehead atoms. The number of hydrogen-bond donors (Lipinski definition) is 1. The predicted molar refractivity (Wildman–Crippen MR) is 72.3 cm³/mol. The molecule has 0 saturated carbocycles. The second-order valence-electron chi connectivity index (χ2n) is 4.89. The maximum atomic E-state index is 13.2. The zero-order chi connectivity index (χ0) is 12.5. The van der Waals surface area contributed by atoms with Crippen molar-refractivity contribution >= 4 is 5.69 Å². The molecule has 1 atom stereocenters. The molecule has 0 spiro atoms. The van der Waals surface area contributed by atoms with Crippen molar-refractivity contribution in [1.82, 2.24) is 0 Å². The Labute approximate surface area is 107 Å². The SMILES string of the molecule is Cc1ccccc1NC1CCc2cc(F)ccc21. The second kappa shape index (κ2) is 4.45. The lowest BCUT2D eigenvalue weighted by molar-refractivity contribution is 0.626. The highest BCUT2D eigenvalue weighted by Crippen LogP contribution is 2.34. The highest BCUT2D eigenvalue weighted by atomic mass is 19.1. The van der Waals surface area contributed by atoms with Gasteiger partial charge in [0.15, 0.2) is 0 Å². The van der Waals surface area contributed by atoms with Crippen molar-refractivity contribution in [2.45, 2.75) is 25.8 Å². The third-order valence-corrected chi connectivity index (χ3v) is 3.66. The van der Waals surface area contributed by atoms with Crippen LogP contribution in [0.25, 0.3) is 0 Å². The molecular formula is C16H16FN. The van der Waals surface area contributed by atoms with E-state index < -0.39 is 0 Å². The molecule has 2 aromatic rings. The van der Waals surface area contributed by atoms with Crippen molar-refractivity contribution < 1.29 is 4.39 Å². The van der Waals surface area contributed by atoms with E-state index in [0.29, 0.717) is 6.04 Å². The first kappa shape index (κ1) is 11.3. The van der Waals surface area contributed by atoms with Crippen molar-refractivity contribution in [3.05, 3.63) is 65.0 Å². The number of fused-ring (bicyclic) bond motifs is 1. The van der Waals surface area contributed by atoms with Gasteiger partial charge in [0, 0.05) is 5.69 Å². The van der Waals surface area contributed by atoms with Gasteiger partial charge < -0.3 is 5.32 Å². The summed E-state index contributed by atoms with van der Waals surface area (Å²) in [7, 11) is 0. The average molecular weight is 241 g/mol. The van der Waals surface area contributed by atoms with Gasteiger partial charge in [0.25, 0.3) is 0 Å². The number of hydrogen-bond acceptors (Lipinski definition) is 1. The zero-order valence-corrected chi connectivity index (χ0v) is 10.4. The van der Waals surface area contributed by atoms with Crippen LogP contribution in [0.1, 0.15) is 29.2 Å². The predicted octanol–water partition coefficient (Wildman–Crippen LogP) is 4.23. The van der Waals surface area contributed by atoms with Crippen LogP contribution in [0.3, 0.4) is 0 Å². The molecule has 0 aromatic heterocycles. The zero-order valence-electron chi connectivity index (χ0n) is 10.4. The Bertz CT molecular complexity index is 577. The molecule has 1 aliphatic rings. The summed E-state index contributed by atoms with van der Waals surface area (Å²) < 4.78 is 13.2. The maximum absolute atomic E-state index is 13.2. The van der Waals surface area contributed by atoms with Crippen molar-refractivity contribution in [2.24, 2.45) is 0 Å². The van der Waals surface area contributed by atoms with Gasteiger partial charge in [-0.3, -0.25) is 0 Å². The van der Waals surface area contributed by atoms with Gasteiger partial charge in [-0.2, -0.15) is 0 Å². The summed E-state index contributed by atoms with van der Waals surface area (Å²) in [4.78, 5) is 0. The van der Waals surface area contributed by atoms with Crippen molar-refractivity contribution in [1.29, 1.82) is 0 Å². The largest absolute Gasteiger partial charge is 0.378 e. The van der Waals surface area contributed by atoms with Crippen molar-refractivity contribution in [2.75, 3.05) is 5.32 Å². The van der Waals surface area contributed by atoms with Gasteiger partial charge in [0.2, 0.25) is 0 Å². The lowest BCUT2D eigenvalue weighted by Gasteiger charge is -2.17. The lowest BCUT2D eigenvalue weighted by Crippen LogP contribution is -2.08. The lowest BCUT2D eigenvalue weighted by atomic mass is 10.1. The van der Waals surface area contributed by atoms with E-state index in [1.165, 1.54) is 16.8 Å². The van der Waals surface area contributed by atoms with Crippen LogP contribution in [-0.2, 0) is 6.42 Å². The topological polar surface area (TPSA) is 12.0 Å². The molecule has 2 aromatic carbocycles. The van der Waals surface area contributed by atoms with Gasteiger partial charge >= 0.3 is 0 Å². The molecule has 1 aliphatic carbocycles. The molecule has 18 heavy (non-hydrogen) atoms. The fraction of sp³-hybridized carbons (Fsp3) is 0.250. The molecular weight excluding hydrogens is 225 g/mol. The number of nitrogens with one attached hydrogen (secondary N) is 1. The van der Waals surface area contributed by atoms with Gasteiger partial charge in [-0.25, -0.2) is 4.39 Å². The van der Waals surface area contributed by atoms with Crippen LogP contribution in [0.4, 0.5) is 10.1 Å². The molecule has 0 fully saturated rings. The molecule has 2 heteroatoms. The Balaban J connectivity index is 1.87. The molecule has 0 radical (unpaired) electrons. The Morgan fingerprint density at radius 1 is 1.17 bits per heavy atom. The summed E-state index contributed by atoms with van der Waals surface area (Å²) in [6.45, 7) is 2.10. The van der Waals surface area contributed by atoms with Crippen LogP contribution in [0.2, 0.25) is 0 Å². The molecule has 3 rings (SSSR count). The minimum atomic E-state index is -0.134. The van der Waals surface area contributed by atoms with Crippen molar-refractivity contribution in [3.63, 3.8) is 0 Å². The fourth-order valence-corrected chi connectivity index (χ4v) is 2.66. The summed E-state index contributed by atoms with van der Waals surface area (Å²) >= 11 is 0. The smallest absolute Gasteiger partial charge is 0.123 e. The highest BCUT2D eigenvalue weighted by molar-refractivity contribution is 5.53. The van der Waals surface area contributed by atoms with Crippen LogP contribution < -0.4 is 5.32 Å². The molecule has 0 heterocycles. The summed E-state index contributed by atoms with van der Waals surface area (Å²) in [5, 5.41) is 3.56. The van der Waals surface area contributed by atoms with E-state index in [1.807, 2.05) is 18.2 Å². The van der Waals surface area contributed by atoms with Crippen LogP contribution in [0.15, 0.2) is 42.5 Å². The van der Waals surface area contributed by atoms with Gasteiger partial charge in [0.1, 0.15) is 5.82 Å². The first-order valence-corrected chi connectivity index (χ1v) is 6.34. The maximum Gasteiger partial charge on any atom is 0.123 e. The number of para-hydroxylation sites is 1. The van der Waals surface area contributed by atoms with Gasteiger partial charge in [-0.15, -0.1) is 0 Å². The van der Waals surface area contributed by atoms with E-state index in [-0.39, 0.29) is 5.82 Å². The normalized spacial score (nSPS) is 17.6. The highest BCUT2D eigenvalue weighted by Gasteiger charge is 2.22. The summed E-state index contributed by atoms with van der Waals surface area (Å²) in [6.07, 6.45) is 1.99. The minimum Gasteiger partial charge on any atom is -0.378 e. The first-order chi connectivity index (χ1) is 8.74. The monoisotopic (exact) mass is 241 g/mol. The Kier molecular flexibility index (Phi) is 2.78. The number of aryl methyl sites for hydroxylation is 2. The molecule has 0 saturated heterocycles. The number of halogens is 1. The van der Waals surface area contributed by atoms with E-state index in [2.05, 4.69) is 24.4 Å². The average Bonchev–Trinajstić information content (AvgIpc) is 2.74. The van der Waals surface area contributed by atoms with E-state index in [0.717, 1.165) is 18.4 Å². The molecule has 92 valence electrons. The molecule has 1 N–H and O–H groups in total. The Hall–Kier alpha value is -1.83. The molecule has 0 amide bonds. The van der Waals surface area contributed by atoms with E-state index in [4.69, 9.17) is 0 Å². The van der Waals surface area contributed by atoms with Crippen LogP contribution >= 0.6 is 0 Å².